The monoisotopic (exact) mass is 273 g/mol. The molecule has 0 aliphatic rings. The molecule has 1 unspecified atom stereocenters. The lowest BCUT2D eigenvalue weighted by Crippen LogP contribution is -2.41. The van der Waals surface area contributed by atoms with Crippen LogP contribution in [0.2, 0.25) is 0 Å². The van der Waals surface area contributed by atoms with Crippen molar-refractivity contribution in [3.63, 3.8) is 0 Å². The number of ether oxygens (including phenoxy) is 2. The largest absolute Gasteiger partial charge is 0.383 e. The quantitative estimate of drug-likeness (QED) is 0.576. The molecule has 0 aliphatic carbocycles. The normalized spacial score (nSPS) is 14.3. The molecular formula is C9H20ClNO4S. The maximum absolute atomic E-state index is 12.0. The zero-order valence-electron chi connectivity index (χ0n) is 9.98. The molecule has 7 heteroatoms. The first kappa shape index (κ1) is 16.1. The highest BCUT2D eigenvalue weighted by atomic mass is 35.5. The Morgan fingerprint density at radius 3 is 1.94 bits per heavy atom. The van der Waals surface area contributed by atoms with Gasteiger partial charge in [-0.25, -0.2) is 8.42 Å². The fraction of sp³-hybridized carbons (Fsp3) is 1.00. The predicted molar refractivity (Wildman–Crippen MR) is 64.4 cm³/mol. The van der Waals surface area contributed by atoms with Crippen molar-refractivity contribution in [2.45, 2.75) is 12.2 Å². The second kappa shape index (κ2) is 8.25. The summed E-state index contributed by atoms with van der Waals surface area (Å²) in [6.45, 7) is 2.96. The van der Waals surface area contributed by atoms with Crippen LogP contribution in [-0.2, 0) is 19.5 Å². The molecule has 0 amide bonds. The molecule has 0 bridgehead atoms. The van der Waals surface area contributed by atoms with Crippen LogP contribution in [0.3, 0.4) is 0 Å². The molecule has 5 nitrogen and oxygen atoms in total. The molecule has 0 aromatic heterocycles. The fourth-order valence-electron chi connectivity index (χ4n) is 1.09. The van der Waals surface area contributed by atoms with Crippen LogP contribution in [-0.4, -0.2) is 64.4 Å². The molecule has 1 atom stereocenters. The Labute approximate surface area is 103 Å². The van der Waals surface area contributed by atoms with Gasteiger partial charge in [0.2, 0.25) is 10.0 Å². The van der Waals surface area contributed by atoms with Gasteiger partial charge in [-0.3, -0.25) is 0 Å². The number of halogens is 1. The number of methoxy groups -OCH3 is 2. The number of rotatable bonds is 9. The van der Waals surface area contributed by atoms with Crippen molar-refractivity contribution in [3.05, 3.63) is 0 Å². The van der Waals surface area contributed by atoms with Crippen LogP contribution in [0.25, 0.3) is 0 Å². The molecule has 0 fully saturated rings. The van der Waals surface area contributed by atoms with E-state index >= 15 is 0 Å². The molecule has 0 saturated heterocycles. The Morgan fingerprint density at radius 1 is 1.19 bits per heavy atom. The van der Waals surface area contributed by atoms with E-state index in [9.17, 15) is 8.42 Å². The topological polar surface area (TPSA) is 55.8 Å². The lowest BCUT2D eigenvalue weighted by molar-refractivity contribution is 0.150. The third-order valence-electron chi connectivity index (χ3n) is 2.18. The standard InChI is InChI=1S/C9H20ClNO4S/c1-9(8-10)16(12,13)11(4-6-14-2)5-7-15-3/h9H,4-8H2,1-3H3. The van der Waals surface area contributed by atoms with Gasteiger partial charge in [-0.1, -0.05) is 0 Å². The summed E-state index contributed by atoms with van der Waals surface area (Å²) in [5, 5.41) is -0.595. The average molecular weight is 274 g/mol. The van der Waals surface area contributed by atoms with Crippen LogP contribution >= 0.6 is 11.6 Å². The summed E-state index contributed by atoms with van der Waals surface area (Å²) in [4.78, 5) is 0. The summed E-state index contributed by atoms with van der Waals surface area (Å²) >= 11 is 5.58. The van der Waals surface area contributed by atoms with Crippen molar-refractivity contribution in [2.75, 3.05) is 46.4 Å². The second-order valence-electron chi connectivity index (χ2n) is 3.39. The average Bonchev–Trinajstić information content (AvgIpc) is 2.27. The van der Waals surface area contributed by atoms with Gasteiger partial charge >= 0.3 is 0 Å². The molecule has 0 aliphatic heterocycles. The molecule has 0 aromatic carbocycles. The fourth-order valence-corrected chi connectivity index (χ4v) is 2.89. The van der Waals surface area contributed by atoms with Crippen molar-refractivity contribution in [2.24, 2.45) is 0 Å². The smallest absolute Gasteiger partial charge is 0.218 e. The minimum Gasteiger partial charge on any atom is -0.383 e. The summed E-state index contributed by atoms with van der Waals surface area (Å²) in [5.41, 5.74) is 0. The SMILES string of the molecule is COCCN(CCOC)S(=O)(=O)C(C)CCl. The van der Waals surface area contributed by atoms with Gasteiger partial charge in [0.05, 0.1) is 18.5 Å². The molecule has 16 heavy (non-hydrogen) atoms. The van der Waals surface area contributed by atoms with Crippen molar-refractivity contribution in [1.82, 2.24) is 4.31 Å². The van der Waals surface area contributed by atoms with Crippen molar-refractivity contribution < 1.29 is 17.9 Å². The van der Waals surface area contributed by atoms with Crippen molar-refractivity contribution in [1.29, 1.82) is 0 Å². The Hall–Kier alpha value is 0.120. The second-order valence-corrected chi connectivity index (χ2v) is 6.05. The van der Waals surface area contributed by atoms with Gasteiger partial charge in [-0.2, -0.15) is 4.31 Å². The maximum atomic E-state index is 12.0. The van der Waals surface area contributed by atoms with E-state index in [1.807, 2.05) is 0 Å². The van der Waals surface area contributed by atoms with Gasteiger partial charge in [0, 0.05) is 33.2 Å². The first-order chi connectivity index (χ1) is 7.50. The van der Waals surface area contributed by atoms with E-state index in [0.29, 0.717) is 26.3 Å². The molecule has 0 rings (SSSR count). The molecule has 0 N–H and O–H groups in total. The van der Waals surface area contributed by atoms with Crippen LogP contribution < -0.4 is 0 Å². The number of alkyl halides is 1. The third kappa shape index (κ3) is 4.97. The van der Waals surface area contributed by atoms with Gasteiger partial charge < -0.3 is 9.47 Å². The molecular weight excluding hydrogens is 254 g/mol. The lowest BCUT2D eigenvalue weighted by atomic mass is 10.6. The zero-order chi connectivity index (χ0) is 12.6. The van der Waals surface area contributed by atoms with Crippen LogP contribution in [0, 0.1) is 0 Å². The predicted octanol–water partition coefficient (Wildman–Crippen LogP) is 0.538. The highest BCUT2D eigenvalue weighted by Gasteiger charge is 2.27. The molecule has 0 aromatic rings. The van der Waals surface area contributed by atoms with Gasteiger partial charge in [0.1, 0.15) is 0 Å². The highest BCUT2D eigenvalue weighted by Crippen LogP contribution is 2.10. The highest BCUT2D eigenvalue weighted by molar-refractivity contribution is 7.89. The van der Waals surface area contributed by atoms with E-state index < -0.39 is 15.3 Å². The first-order valence-corrected chi connectivity index (χ1v) is 7.07. The molecule has 98 valence electrons. The maximum Gasteiger partial charge on any atom is 0.218 e. The zero-order valence-corrected chi connectivity index (χ0v) is 11.6. The Bertz CT molecular complexity index is 263. The summed E-state index contributed by atoms with van der Waals surface area (Å²) in [5.74, 6) is 0.0821. The Balaban J connectivity index is 4.58. The van der Waals surface area contributed by atoms with Crippen molar-refractivity contribution in [3.8, 4) is 0 Å². The van der Waals surface area contributed by atoms with E-state index in [1.54, 1.807) is 6.92 Å². The van der Waals surface area contributed by atoms with Crippen LogP contribution in [0.5, 0.6) is 0 Å². The van der Waals surface area contributed by atoms with E-state index in [2.05, 4.69) is 0 Å². The molecule has 0 spiro atoms. The van der Waals surface area contributed by atoms with Crippen LogP contribution in [0.15, 0.2) is 0 Å². The number of hydrogen-bond acceptors (Lipinski definition) is 4. The van der Waals surface area contributed by atoms with Crippen molar-refractivity contribution >= 4 is 21.6 Å². The van der Waals surface area contributed by atoms with E-state index in [1.165, 1.54) is 18.5 Å². The number of nitrogens with zero attached hydrogens (tertiary/aromatic N) is 1. The Morgan fingerprint density at radius 2 is 1.62 bits per heavy atom. The minimum atomic E-state index is -3.35. The number of hydrogen-bond donors (Lipinski definition) is 0. The summed E-state index contributed by atoms with van der Waals surface area (Å²) in [6.07, 6.45) is 0. The van der Waals surface area contributed by atoms with E-state index in [-0.39, 0.29) is 5.88 Å². The van der Waals surface area contributed by atoms with Crippen LogP contribution in [0.4, 0.5) is 0 Å². The van der Waals surface area contributed by atoms with Gasteiger partial charge in [-0.05, 0) is 6.92 Å². The van der Waals surface area contributed by atoms with E-state index in [4.69, 9.17) is 21.1 Å². The third-order valence-corrected chi connectivity index (χ3v) is 5.09. The lowest BCUT2D eigenvalue weighted by Gasteiger charge is -2.24. The minimum absolute atomic E-state index is 0.0821. The van der Waals surface area contributed by atoms with Crippen LogP contribution in [0.1, 0.15) is 6.92 Å². The molecule has 0 radical (unpaired) electrons. The summed E-state index contributed by atoms with van der Waals surface area (Å²) < 4.78 is 35.1. The van der Waals surface area contributed by atoms with Gasteiger partial charge in [-0.15, -0.1) is 11.6 Å². The van der Waals surface area contributed by atoms with Gasteiger partial charge in [0.15, 0.2) is 0 Å². The summed E-state index contributed by atoms with van der Waals surface area (Å²) in [7, 11) is -0.287. The van der Waals surface area contributed by atoms with E-state index in [0.717, 1.165) is 0 Å². The Kier molecular flexibility index (Phi) is 8.31. The molecule has 0 saturated carbocycles. The molecule has 0 heterocycles. The number of sulfonamides is 1. The first-order valence-electron chi connectivity index (χ1n) is 5.03. The van der Waals surface area contributed by atoms with Gasteiger partial charge in [0.25, 0.3) is 0 Å². The summed E-state index contributed by atoms with van der Waals surface area (Å²) in [6, 6.07) is 0.